The van der Waals surface area contributed by atoms with Gasteiger partial charge >= 0.3 is 0 Å². The zero-order valence-electron chi connectivity index (χ0n) is 50.9. The maximum Gasteiger partial charge on any atom is 0.253 e. The number of para-hydroxylation sites is 1. The van der Waals surface area contributed by atoms with Gasteiger partial charge in [-0.15, -0.1) is 0 Å². The fourth-order valence-corrected chi connectivity index (χ4v) is 14.6. The molecular formula is C80H69BN4. The van der Waals surface area contributed by atoms with Crippen molar-refractivity contribution in [2.45, 2.75) is 105 Å². The second-order valence-electron chi connectivity index (χ2n) is 28.7. The normalized spacial score (nSPS) is 13.8. The van der Waals surface area contributed by atoms with Crippen LogP contribution >= 0.6 is 0 Å². The van der Waals surface area contributed by atoms with Crippen LogP contribution in [0.25, 0.3) is 98.2 Å². The van der Waals surface area contributed by atoms with Crippen LogP contribution in [0.1, 0.15) is 105 Å². The van der Waals surface area contributed by atoms with Crippen molar-refractivity contribution in [3.63, 3.8) is 0 Å². The van der Waals surface area contributed by atoms with Crippen LogP contribution in [0.2, 0.25) is 0 Å². The van der Waals surface area contributed by atoms with Crippen molar-refractivity contribution in [1.82, 2.24) is 9.97 Å². The summed E-state index contributed by atoms with van der Waals surface area (Å²) in [6.07, 6.45) is 0. The van der Waals surface area contributed by atoms with Gasteiger partial charge in [0.05, 0.1) is 11.2 Å². The number of anilines is 6. The molecule has 0 saturated heterocycles. The minimum Gasteiger partial charge on any atom is -0.311 e. The third-order valence-electron chi connectivity index (χ3n) is 19.1. The summed E-state index contributed by atoms with van der Waals surface area (Å²) in [7, 11) is 0. The topological polar surface area (TPSA) is 32.3 Å². The van der Waals surface area contributed by atoms with E-state index in [1.54, 1.807) is 0 Å². The zero-order valence-corrected chi connectivity index (χ0v) is 50.9. The van der Waals surface area contributed by atoms with E-state index in [-0.39, 0.29) is 28.4 Å². The lowest BCUT2D eigenvalue weighted by molar-refractivity contribution is 0.569. The van der Waals surface area contributed by atoms with Gasteiger partial charge in [-0.3, -0.25) is 0 Å². The third-order valence-corrected chi connectivity index (χ3v) is 19.1. The number of hydrogen-bond donors (Lipinski definition) is 0. The van der Waals surface area contributed by atoms with Gasteiger partial charge in [-0.2, -0.15) is 0 Å². The van der Waals surface area contributed by atoms with Gasteiger partial charge in [0.2, 0.25) is 0 Å². The highest BCUT2D eigenvalue weighted by Gasteiger charge is 2.46. The second kappa shape index (κ2) is 17.7. The maximum atomic E-state index is 5.85. The van der Waals surface area contributed by atoms with Gasteiger partial charge in [0.25, 0.3) is 6.71 Å². The molecule has 0 N–H and O–H groups in total. The number of aromatic nitrogens is 2. The fourth-order valence-electron chi connectivity index (χ4n) is 14.6. The Labute approximate surface area is 499 Å². The molecule has 3 heterocycles. The minimum absolute atomic E-state index is 0.0356. The summed E-state index contributed by atoms with van der Waals surface area (Å²) in [5.41, 5.74) is 19.6. The van der Waals surface area contributed by atoms with E-state index in [0.717, 1.165) is 50.5 Å². The van der Waals surface area contributed by atoms with Crippen LogP contribution in [-0.4, -0.2) is 16.7 Å². The molecule has 13 aromatic carbocycles. The average molecular weight is 1100 g/mol. The fraction of sp³-hybridized carbons (Fsp3) is 0.200. The predicted molar refractivity (Wildman–Crippen MR) is 367 cm³/mol. The molecule has 2 aliphatic heterocycles. The van der Waals surface area contributed by atoms with Crippen molar-refractivity contribution >= 4 is 133 Å². The van der Waals surface area contributed by atoms with Crippen molar-refractivity contribution in [2.75, 3.05) is 9.80 Å². The molecule has 0 aliphatic carbocycles. The molecule has 1 aromatic heterocycles. The van der Waals surface area contributed by atoms with Crippen molar-refractivity contribution < 1.29 is 0 Å². The summed E-state index contributed by atoms with van der Waals surface area (Å²) in [5, 5.41) is 16.4. The Morgan fingerprint density at radius 3 is 1.16 bits per heavy atom. The minimum atomic E-state index is -0.183. The zero-order chi connectivity index (χ0) is 58.4. The van der Waals surface area contributed by atoms with Crippen LogP contribution in [0.15, 0.2) is 200 Å². The van der Waals surface area contributed by atoms with Crippen molar-refractivity contribution in [2.24, 2.45) is 0 Å². The highest BCUT2D eigenvalue weighted by Crippen LogP contribution is 2.51. The first kappa shape index (κ1) is 51.6. The molecular weight excluding hydrogens is 1030 g/mol. The molecule has 0 unspecified atom stereocenters. The molecule has 14 aromatic rings. The number of rotatable bonds is 4. The summed E-state index contributed by atoms with van der Waals surface area (Å²) in [6, 6.07) is 77.1. The highest BCUT2D eigenvalue weighted by atomic mass is 15.2. The van der Waals surface area contributed by atoms with Crippen LogP contribution in [-0.2, 0) is 21.7 Å². The lowest BCUT2D eigenvalue weighted by Gasteiger charge is -2.45. The molecule has 0 spiro atoms. The van der Waals surface area contributed by atoms with Crippen molar-refractivity contribution in [3.8, 4) is 22.6 Å². The molecule has 0 saturated carbocycles. The van der Waals surface area contributed by atoms with E-state index in [2.05, 4.69) is 293 Å². The molecule has 2 aliphatic rings. The van der Waals surface area contributed by atoms with E-state index < -0.39 is 0 Å². The van der Waals surface area contributed by atoms with Crippen LogP contribution in [0.5, 0.6) is 0 Å². The Morgan fingerprint density at radius 2 is 0.718 bits per heavy atom. The van der Waals surface area contributed by atoms with Gasteiger partial charge in [-0.1, -0.05) is 217 Å². The SMILES string of the molecule is CC(C)(C)c1ccc(N2c3cc(-c4nc(-c5cc(C(C)(C)C)cc(C(C)(C)C)c5)c5ccccc5n4)cc4c3B(c3c2cc2ccc5cccc6ccc3c2c56)c2c(cc3ccc5cccc6ccc2c3c56)N4c2ccc(C(C)(C)C)cc2)cc1. The molecule has 0 bridgehead atoms. The predicted octanol–water partition coefficient (Wildman–Crippen LogP) is 20.0. The Morgan fingerprint density at radius 1 is 0.306 bits per heavy atom. The summed E-state index contributed by atoms with van der Waals surface area (Å²) < 4.78 is 0. The molecule has 0 amide bonds. The monoisotopic (exact) mass is 1100 g/mol. The van der Waals surface area contributed by atoms with Crippen molar-refractivity contribution in [1.29, 1.82) is 0 Å². The van der Waals surface area contributed by atoms with Gasteiger partial charge in [-0.05, 0) is 192 Å². The quantitative estimate of drug-likeness (QED) is 0.130. The maximum absolute atomic E-state index is 5.85. The first-order chi connectivity index (χ1) is 40.7. The second-order valence-corrected chi connectivity index (χ2v) is 28.7. The van der Waals surface area contributed by atoms with Gasteiger partial charge in [0.15, 0.2) is 5.82 Å². The van der Waals surface area contributed by atoms with Crippen LogP contribution in [0, 0.1) is 0 Å². The summed E-state index contributed by atoms with van der Waals surface area (Å²) in [6.45, 7) is 27.6. The van der Waals surface area contributed by atoms with E-state index in [1.807, 2.05) is 0 Å². The Hall–Kier alpha value is -9.06. The number of nitrogens with zero attached hydrogens (tertiary/aromatic N) is 4. The van der Waals surface area contributed by atoms with Crippen molar-refractivity contribution in [3.05, 3.63) is 222 Å². The van der Waals surface area contributed by atoms with Crippen LogP contribution in [0.3, 0.4) is 0 Å². The smallest absolute Gasteiger partial charge is 0.253 e. The summed E-state index contributed by atoms with van der Waals surface area (Å²) >= 11 is 0. The van der Waals surface area contributed by atoms with E-state index >= 15 is 0 Å². The molecule has 412 valence electrons. The Kier molecular flexibility index (Phi) is 10.8. The average Bonchev–Trinajstić information content (AvgIpc) is 0.713. The standard InChI is InChI=1S/C80H69BN4/c1-77(2,3)54-29-33-58(34-30-54)84-64-41-50-25-23-46-17-15-19-48-27-37-61(70(50)68(46)48)72(64)81-73-62-38-28-49-20-16-18-47-24-26-51(71(62)69(47)49)42-65(73)85(59-35-31-55(32-36-59)78(4,5)6)67-44-53(43-66(84)74(67)81)76-82-63-22-14-13-21-60(63)75(83-76)52-39-56(79(7,8)9)45-57(40-52)80(10,11)12/h13-45H,1-12H3. The number of fused-ring (bicyclic) bond motifs is 7. The van der Waals surface area contributed by atoms with E-state index in [4.69, 9.17) is 9.97 Å². The lowest BCUT2D eigenvalue weighted by atomic mass is 9.32. The van der Waals surface area contributed by atoms with Gasteiger partial charge in [0.1, 0.15) is 0 Å². The molecule has 85 heavy (non-hydrogen) atoms. The van der Waals surface area contributed by atoms with E-state index in [1.165, 1.54) is 115 Å². The molecule has 5 heteroatoms. The van der Waals surface area contributed by atoms with Crippen LogP contribution < -0.4 is 26.2 Å². The summed E-state index contributed by atoms with van der Waals surface area (Å²) in [4.78, 5) is 16.7. The Balaban J connectivity index is 1.08. The van der Waals surface area contributed by atoms with E-state index in [0.29, 0.717) is 5.82 Å². The molecule has 0 fully saturated rings. The van der Waals surface area contributed by atoms with Gasteiger partial charge < -0.3 is 9.80 Å². The molecule has 0 atom stereocenters. The number of hydrogen-bond acceptors (Lipinski definition) is 4. The lowest BCUT2D eigenvalue weighted by Crippen LogP contribution is -2.61. The first-order valence-corrected chi connectivity index (χ1v) is 30.5. The largest absolute Gasteiger partial charge is 0.311 e. The molecule has 0 radical (unpaired) electrons. The first-order valence-electron chi connectivity index (χ1n) is 30.5. The van der Waals surface area contributed by atoms with Gasteiger partial charge in [0, 0.05) is 50.6 Å². The Bertz CT molecular complexity index is 4800. The van der Waals surface area contributed by atoms with Gasteiger partial charge in [-0.25, -0.2) is 9.97 Å². The molecule has 16 rings (SSSR count). The molecule has 4 nitrogen and oxygen atoms in total. The summed E-state index contributed by atoms with van der Waals surface area (Å²) in [5.74, 6) is 0.691. The van der Waals surface area contributed by atoms with E-state index in [9.17, 15) is 0 Å². The third kappa shape index (κ3) is 7.81. The highest BCUT2D eigenvalue weighted by molar-refractivity contribution is 7.03. The van der Waals surface area contributed by atoms with Crippen LogP contribution in [0.4, 0.5) is 34.1 Å². The number of benzene rings is 13.